The first-order chi connectivity index (χ1) is 16.1. The van der Waals surface area contributed by atoms with Crippen LogP contribution in [0.1, 0.15) is 29.0 Å². The van der Waals surface area contributed by atoms with Crippen molar-refractivity contribution in [3.8, 4) is 11.5 Å². The number of methoxy groups -OCH3 is 2. The van der Waals surface area contributed by atoms with E-state index in [0.29, 0.717) is 17.1 Å². The molecule has 0 bridgehead atoms. The van der Waals surface area contributed by atoms with Crippen LogP contribution in [0.3, 0.4) is 0 Å². The first-order valence-corrected chi connectivity index (χ1v) is 10.9. The van der Waals surface area contributed by atoms with Gasteiger partial charge in [-0.2, -0.15) is 0 Å². The largest absolute Gasteiger partial charge is 0.493 e. The van der Waals surface area contributed by atoms with Crippen molar-refractivity contribution in [2.75, 3.05) is 19.1 Å². The summed E-state index contributed by atoms with van der Waals surface area (Å²) in [6.45, 7) is 0.190. The fourth-order valence-electron chi connectivity index (χ4n) is 4.73. The second kappa shape index (κ2) is 8.58. The number of hydrogen-bond donors (Lipinski definition) is 0. The van der Waals surface area contributed by atoms with Gasteiger partial charge in [0, 0.05) is 23.6 Å². The van der Waals surface area contributed by atoms with Gasteiger partial charge < -0.3 is 14.4 Å². The molecule has 1 aliphatic rings. The van der Waals surface area contributed by atoms with Gasteiger partial charge in [0.2, 0.25) is 5.91 Å². The monoisotopic (exact) mass is 441 g/mol. The summed E-state index contributed by atoms with van der Waals surface area (Å²) in [7, 11) is 3.21. The van der Waals surface area contributed by atoms with Crippen LogP contribution in [-0.4, -0.2) is 20.1 Å². The normalized spacial score (nSPS) is 15.4. The lowest BCUT2D eigenvalue weighted by Crippen LogP contribution is -2.36. The third-order valence-electron chi connectivity index (χ3n) is 6.36. The molecular formula is C28H24FNO3. The van der Waals surface area contributed by atoms with Gasteiger partial charge in [-0.3, -0.25) is 4.79 Å². The van der Waals surface area contributed by atoms with Crippen molar-refractivity contribution in [2.24, 2.45) is 0 Å². The molecule has 0 fully saturated rings. The molecule has 0 aliphatic carbocycles. The number of amides is 1. The maximum atomic E-state index is 14.4. The van der Waals surface area contributed by atoms with Gasteiger partial charge in [-0.1, -0.05) is 54.6 Å². The zero-order valence-corrected chi connectivity index (χ0v) is 18.5. The summed E-state index contributed by atoms with van der Waals surface area (Å²) in [5.41, 5.74) is 3.35. The molecule has 33 heavy (non-hydrogen) atoms. The number of nitrogens with zero attached hydrogens (tertiary/aromatic N) is 1. The van der Waals surface area contributed by atoms with E-state index in [1.807, 2.05) is 42.5 Å². The molecular weight excluding hydrogens is 417 g/mol. The highest BCUT2D eigenvalue weighted by atomic mass is 19.1. The van der Waals surface area contributed by atoms with Gasteiger partial charge in [-0.25, -0.2) is 4.39 Å². The van der Waals surface area contributed by atoms with Gasteiger partial charge in [-0.15, -0.1) is 0 Å². The van der Waals surface area contributed by atoms with E-state index >= 15 is 0 Å². The number of halogens is 1. The van der Waals surface area contributed by atoms with Crippen molar-refractivity contribution in [3.05, 3.63) is 101 Å². The fourth-order valence-corrected chi connectivity index (χ4v) is 4.73. The van der Waals surface area contributed by atoms with E-state index in [1.54, 1.807) is 37.3 Å². The summed E-state index contributed by atoms with van der Waals surface area (Å²) in [5.74, 6) is 0.756. The van der Waals surface area contributed by atoms with Gasteiger partial charge in [0.1, 0.15) is 5.82 Å². The summed E-state index contributed by atoms with van der Waals surface area (Å²) in [6, 6.07) is 24.6. The predicted molar refractivity (Wildman–Crippen MR) is 128 cm³/mol. The minimum absolute atomic E-state index is 0.0409. The zero-order chi connectivity index (χ0) is 22.9. The van der Waals surface area contributed by atoms with Crippen LogP contribution >= 0.6 is 0 Å². The molecule has 1 heterocycles. The number of anilines is 1. The van der Waals surface area contributed by atoms with Crippen LogP contribution in [0.15, 0.2) is 78.9 Å². The fraction of sp³-hybridized carbons (Fsp3) is 0.179. The van der Waals surface area contributed by atoms with E-state index in [-0.39, 0.29) is 30.6 Å². The standard InChI is InChI=1S/C28H24FNO3/c1-32-25-14-12-19(15-26(25)33-2)22-16-27(31)30(17-20-8-4-6-10-23(20)29)24-13-11-18-7-3-5-9-21(18)28(22)24/h3-15,22H,16-17H2,1-2H3. The number of benzene rings is 4. The molecule has 0 radical (unpaired) electrons. The Hall–Kier alpha value is -3.86. The van der Waals surface area contributed by atoms with E-state index in [2.05, 4.69) is 12.1 Å². The maximum absolute atomic E-state index is 14.4. The van der Waals surface area contributed by atoms with Gasteiger partial charge in [-0.05, 0) is 46.2 Å². The Labute approximate surface area is 192 Å². The molecule has 0 aromatic heterocycles. The molecule has 166 valence electrons. The quantitative estimate of drug-likeness (QED) is 0.378. The van der Waals surface area contributed by atoms with Crippen LogP contribution in [0.25, 0.3) is 10.8 Å². The second-order valence-electron chi connectivity index (χ2n) is 8.16. The molecule has 0 spiro atoms. The van der Waals surface area contributed by atoms with E-state index in [0.717, 1.165) is 27.6 Å². The summed E-state index contributed by atoms with van der Waals surface area (Å²) >= 11 is 0. The number of hydrogen-bond acceptors (Lipinski definition) is 3. The number of rotatable bonds is 5. The number of fused-ring (bicyclic) bond motifs is 3. The van der Waals surface area contributed by atoms with E-state index in [1.165, 1.54) is 6.07 Å². The number of carbonyl (C=O) groups is 1. The van der Waals surface area contributed by atoms with Crippen LogP contribution in [0, 0.1) is 5.82 Å². The lowest BCUT2D eigenvalue weighted by atomic mass is 9.81. The Morgan fingerprint density at radius 3 is 2.45 bits per heavy atom. The Morgan fingerprint density at radius 2 is 1.67 bits per heavy atom. The molecule has 1 aliphatic heterocycles. The Morgan fingerprint density at radius 1 is 0.909 bits per heavy atom. The molecule has 4 nitrogen and oxygen atoms in total. The highest BCUT2D eigenvalue weighted by Gasteiger charge is 2.34. The average molecular weight is 442 g/mol. The van der Waals surface area contributed by atoms with Gasteiger partial charge in [0.15, 0.2) is 11.5 Å². The zero-order valence-electron chi connectivity index (χ0n) is 18.5. The highest BCUT2D eigenvalue weighted by molar-refractivity contribution is 6.03. The van der Waals surface area contributed by atoms with Crippen molar-refractivity contribution in [3.63, 3.8) is 0 Å². The predicted octanol–water partition coefficient (Wildman–Crippen LogP) is 6.06. The maximum Gasteiger partial charge on any atom is 0.228 e. The molecule has 4 aromatic rings. The molecule has 0 saturated carbocycles. The minimum atomic E-state index is -0.311. The third-order valence-corrected chi connectivity index (χ3v) is 6.36. The van der Waals surface area contributed by atoms with Crippen LogP contribution in [-0.2, 0) is 11.3 Å². The van der Waals surface area contributed by atoms with Crippen molar-refractivity contribution in [1.82, 2.24) is 0 Å². The number of carbonyl (C=O) groups excluding carboxylic acids is 1. The van der Waals surface area contributed by atoms with Gasteiger partial charge in [0.25, 0.3) is 0 Å². The van der Waals surface area contributed by atoms with Crippen molar-refractivity contribution >= 4 is 22.4 Å². The Kier molecular flexibility index (Phi) is 5.47. The summed E-state index contributed by atoms with van der Waals surface area (Å²) in [6.07, 6.45) is 0.283. The van der Waals surface area contributed by atoms with Crippen molar-refractivity contribution in [1.29, 1.82) is 0 Å². The van der Waals surface area contributed by atoms with E-state index < -0.39 is 0 Å². The van der Waals surface area contributed by atoms with E-state index in [9.17, 15) is 9.18 Å². The van der Waals surface area contributed by atoms with E-state index in [4.69, 9.17) is 9.47 Å². The lowest BCUT2D eigenvalue weighted by molar-refractivity contribution is -0.119. The minimum Gasteiger partial charge on any atom is -0.493 e. The molecule has 1 unspecified atom stereocenters. The second-order valence-corrected chi connectivity index (χ2v) is 8.16. The summed E-state index contributed by atoms with van der Waals surface area (Å²) in [4.78, 5) is 15.1. The average Bonchev–Trinajstić information content (AvgIpc) is 2.85. The van der Waals surface area contributed by atoms with Crippen LogP contribution in [0.5, 0.6) is 11.5 Å². The Balaban J connectivity index is 1.68. The SMILES string of the molecule is COc1ccc(C2CC(=O)N(Cc3ccccc3F)c3ccc4ccccc4c32)cc1OC. The molecule has 5 rings (SSSR count). The highest BCUT2D eigenvalue weighted by Crippen LogP contribution is 2.46. The van der Waals surface area contributed by atoms with Crippen LogP contribution < -0.4 is 14.4 Å². The molecule has 1 amide bonds. The molecule has 4 aromatic carbocycles. The summed E-state index contributed by atoms with van der Waals surface area (Å²) in [5, 5.41) is 2.18. The van der Waals surface area contributed by atoms with Gasteiger partial charge >= 0.3 is 0 Å². The molecule has 0 N–H and O–H groups in total. The lowest BCUT2D eigenvalue weighted by Gasteiger charge is -2.35. The first-order valence-electron chi connectivity index (χ1n) is 10.9. The van der Waals surface area contributed by atoms with Crippen molar-refractivity contribution in [2.45, 2.75) is 18.9 Å². The van der Waals surface area contributed by atoms with Gasteiger partial charge in [0.05, 0.1) is 20.8 Å². The topological polar surface area (TPSA) is 38.8 Å². The molecule has 0 saturated heterocycles. The third kappa shape index (κ3) is 3.69. The Bertz CT molecular complexity index is 1350. The smallest absolute Gasteiger partial charge is 0.228 e. The number of ether oxygens (including phenoxy) is 2. The first kappa shape index (κ1) is 21.0. The summed E-state index contributed by atoms with van der Waals surface area (Å²) < 4.78 is 25.4. The molecule has 1 atom stereocenters. The van der Waals surface area contributed by atoms with Crippen molar-refractivity contribution < 1.29 is 18.7 Å². The van der Waals surface area contributed by atoms with Crippen LogP contribution in [0.4, 0.5) is 10.1 Å². The van der Waals surface area contributed by atoms with Crippen LogP contribution in [0.2, 0.25) is 0 Å². The molecule has 5 heteroatoms.